The maximum absolute atomic E-state index is 8.42. The third-order valence-corrected chi connectivity index (χ3v) is 1.94. The van der Waals surface area contributed by atoms with E-state index >= 15 is 0 Å². The zero-order valence-electron chi connectivity index (χ0n) is 7.04. The Balaban J connectivity index is 2.66. The van der Waals surface area contributed by atoms with Crippen molar-refractivity contribution < 1.29 is 5.11 Å². The molecule has 64 valence electrons. The molecule has 0 amide bonds. The largest absolute Gasteiger partial charge is 0.462 e. The summed E-state index contributed by atoms with van der Waals surface area (Å²) in [5.74, 6) is 2.57. The summed E-state index contributed by atoms with van der Waals surface area (Å²) < 4.78 is 0. The molecular weight excluding hydrogens is 162 g/mol. The number of hydrogen-bond acceptors (Lipinski definition) is 1. The molecule has 2 nitrogen and oxygen atoms in total. The van der Waals surface area contributed by atoms with Gasteiger partial charge in [-0.15, -0.1) is 0 Å². The number of fused-ring (bicyclic) bond motifs is 1. The first kappa shape index (κ1) is 7.75. The van der Waals surface area contributed by atoms with Crippen molar-refractivity contribution in [2.45, 2.75) is 6.42 Å². The highest BCUT2D eigenvalue weighted by molar-refractivity contribution is 5.45. The van der Waals surface area contributed by atoms with Gasteiger partial charge in [0.1, 0.15) is 6.11 Å². The van der Waals surface area contributed by atoms with Crippen LogP contribution < -0.4 is 10.6 Å². The van der Waals surface area contributed by atoms with E-state index in [1.54, 1.807) is 0 Å². The van der Waals surface area contributed by atoms with E-state index in [1.807, 2.05) is 24.3 Å². The van der Waals surface area contributed by atoms with Crippen molar-refractivity contribution in [1.29, 1.82) is 0 Å². The normalized spacial score (nSPS) is 12.9. The van der Waals surface area contributed by atoms with Crippen LogP contribution in [-0.4, -0.2) is 10.1 Å². The predicted molar refractivity (Wildman–Crippen MR) is 51.5 cm³/mol. The minimum absolute atomic E-state index is 0.746. The number of nitrogens with one attached hydrogen (secondary N) is 1. The number of aromatic nitrogens is 1. The van der Waals surface area contributed by atoms with Crippen molar-refractivity contribution in [1.82, 2.24) is 4.98 Å². The molecule has 13 heavy (non-hydrogen) atoms. The zero-order chi connectivity index (χ0) is 9.10. The molecule has 0 saturated heterocycles. The number of H-pyrrole nitrogens is 1. The fourth-order valence-electron chi connectivity index (χ4n) is 1.36. The summed E-state index contributed by atoms with van der Waals surface area (Å²) in [6.45, 7) is 0. The molecule has 0 atom stereocenters. The van der Waals surface area contributed by atoms with Gasteiger partial charge in [-0.25, -0.2) is 0 Å². The highest BCUT2D eigenvalue weighted by Crippen LogP contribution is 1.90. The van der Waals surface area contributed by atoms with Crippen LogP contribution in [-0.2, 0) is 0 Å². The van der Waals surface area contributed by atoms with Crippen LogP contribution in [0.4, 0.5) is 0 Å². The first-order chi connectivity index (χ1) is 6.40. The average Bonchev–Trinajstić information content (AvgIpc) is 2.37. The average molecular weight is 171 g/mol. The Morgan fingerprint density at radius 1 is 1.46 bits per heavy atom. The fraction of sp³-hybridized carbons (Fsp3) is 0.0909. The highest BCUT2D eigenvalue weighted by atomic mass is 16.2. The van der Waals surface area contributed by atoms with Gasteiger partial charge >= 0.3 is 0 Å². The van der Waals surface area contributed by atoms with Crippen LogP contribution in [0.3, 0.4) is 0 Å². The molecule has 0 unspecified atom stereocenters. The van der Waals surface area contributed by atoms with Gasteiger partial charge in [0.05, 0.1) is 5.69 Å². The van der Waals surface area contributed by atoms with Crippen LogP contribution in [0.2, 0.25) is 0 Å². The summed E-state index contributed by atoms with van der Waals surface area (Å²) in [6, 6.07) is 1.92. The van der Waals surface area contributed by atoms with E-state index in [1.165, 1.54) is 0 Å². The Morgan fingerprint density at radius 3 is 3.23 bits per heavy atom. The van der Waals surface area contributed by atoms with Gasteiger partial charge in [0.25, 0.3) is 0 Å². The van der Waals surface area contributed by atoms with Crippen LogP contribution in [0.25, 0.3) is 12.2 Å². The van der Waals surface area contributed by atoms with Crippen molar-refractivity contribution in [3.63, 3.8) is 0 Å². The van der Waals surface area contributed by atoms with Crippen molar-refractivity contribution in [2.75, 3.05) is 0 Å². The molecule has 0 aliphatic heterocycles. The number of hydrogen-bond donors (Lipinski definition) is 2. The fourth-order valence-corrected chi connectivity index (χ4v) is 1.36. The third kappa shape index (κ3) is 1.50. The van der Waals surface area contributed by atoms with Crippen LogP contribution >= 0.6 is 0 Å². The Labute approximate surface area is 75.9 Å². The molecule has 0 spiro atoms. The quantitative estimate of drug-likeness (QED) is 0.538. The lowest BCUT2D eigenvalue weighted by Crippen LogP contribution is -2.20. The van der Waals surface area contributed by atoms with Crippen molar-refractivity contribution in [2.24, 2.45) is 0 Å². The van der Waals surface area contributed by atoms with Crippen LogP contribution in [0.15, 0.2) is 18.2 Å². The van der Waals surface area contributed by atoms with E-state index in [2.05, 4.69) is 23.1 Å². The summed E-state index contributed by atoms with van der Waals surface area (Å²) in [6.07, 6.45) is 11.0. The van der Waals surface area contributed by atoms with Gasteiger partial charge in [-0.1, -0.05) is 24.3 Å². The SMILES string of the molecule is OC#Cc1cc2c([nH]1)=CCC=CC=2. The second kappa shape index (κ2) is 3.24. The molecule has 0 aromatic carbocycles. The first-order valence-corrected chi connectivity index (χ1v) is 4.11. The van der Waals surface area contributed by atoms with E-state index in [-0.39, 0.29) is 0 Å². The molecule has 2 N–H and O–H groups in total. The minimum atomic E-state index is 0.746. The predicted octanol–water partition coefficient (Wildman–Crippen LogP) is 0.217. The van der Waals surface area contributed by atoms with Gasteiger partial charge < -0.3 is 10.1 Å². The zero-order valence-corrected chi connectivity index (χ0v) is 7.04. The molecule has 1 aliphatic rings. The summed E-state index contributed by atoms with van der Waals surface area (Å²) in [5, 5.41) is 10.6. The molecular formula is C11H9NO. The van der Waals surface area contributed by atoms with E-state index in [0.29, 0.717) is 0 Å². The number of aromatic amines is 1. The summed E-state index contributed by atoms with van der Waals surface area (Å²) in [5.41, 5.74) is 0.746. The van der Waals surface area contributed by atoms with E-state index in [9.17, 15) is 0 Å². The second-order valence-electron chi connectivity index (χ2n) is 2.82. The first-order valence-electron chi connectivity index (χ1n) is 4.11. The molecule has 0 bridgehead atoms. The number of rotatable bonds is 0. The number of aliphatic hydroxyl groups excluding tert-OH is 1. The van der Waals surface area contributed by atoms with E-state index in [4.69, 9.17) is 5.11 Å². The molecule has 1 aromatic rings. The van der Waals surface area contributed by atoms with Gasteiger partial charge in [0.2, 0.25) is 0 Å². The van der Waals surface area contributed by atoms with Crippen molar-refractivity contribution in [3.05, 3.63) is 34.5 Å². The maximum atomic E-state index is 8.42. The number of allylic oxidation sites excluding steroid dienone is 2. The van der Waals surface area contributed by atoms with Gasteiger partial charge in [-0.2, -0.15) is 0 Å². The van der Waals surface area contributed by atoms with Crippen molar-refractivity contribution in [3.8, 4) is 12.0 Å². The van der Waals surface area contributed by atoms with Gasteiger partial charge in [-0.3, -0.25) is 0 Å². The molecule has 1 heterocycles. The lowest BCUT2D eigenvalue weighted by Gasteiger charge is -1.78. The molecule has 2 rings (SSSR count). The van der Waals surface area contributed by atoms with Gasteiger partial charge in [0, 0.05) is 10.6 Å². The smallest absolute Gasteiger partial charge is 0.114 e. The van der Waals surface area contributed by atoms with Crippen LogP contribution in [0, 0.1) is 12.0 Å². The molecule has 0 radical (unpaired) electrons. The maximum Gasteiger partial charge on any atom is 0.114 e. The molecule has 2 heteroatoms. The Morgan fingerprint density at radius 2 is 2.38 bits per heavy atom. The second-order valence-corrected chi connectivity index (χ2v) is 2.82. The summed E-state index contributed by atoms with van der Waals surface area (Å²) >= 11 is 0. The minimum Gasteiger partial charge on any atom is -0.462 e. The Kier molecular flexibility index (Phi) is 1.93. The molecule has 0 saturated carbocycles. The number of aliphatic hydroxyl groups is 1. The molecule has 0 fully saturated rings. The Hall–Kier alpha value is -1.88. The third-order valence-electron chi connectivity index (χ3n) is 1.94. The summed E-state index contributed by atoms with van der Waals surface area (Å²) in [7, 11) is 0. The lowest BCUT2D eigenvalue weighted by molar-refractivity contribution is 0.517. The highest BCUT2D eigenvalue weighted by Gasteiger charge is 1.93. The van der Waals surface area contributed by atoms with E-state index in [0.717, 1.165) is 22.7 Å². The van der Waals surface area contributed by atoms with Crippen LogP contribution in [0.5, 0.6) is 0 Å². The standard InChI is InChI=1S/C11H9NO/c13-7-6-10-8-9-4-2-1-3-5-11(9)12-10/h1-2,4-5,8,12-13H,3H2. The lowest BCUT2D eigenvalue weighted by atomic mass is 10.3. The van der Waals surface area contributed by atoms with Gasteiger partial charge in [-0.05, 0) is 18.4 Å². The van der Waals surface area contributed by atoms with Gasteiger partial charge in [0.15, 0.2) is 0 Å². The van der Waals surface area contributed by atoms with Crippen LogP contribution in [0.1, 0.15) is 12.1 Å². The Bertz CT molecular complexity index is 509. The van der Waals surface area contributed by atoms with Crippen molar-refractivity contribution >= 4 is 12.2 Å². The molecule has 1 aliphatic carbocycles. The monoisotopic (exact) mass is 171 g/mol. The molecule has 1 aromatic heterocycles. The van der Waals surface area contributed by atoms with E-state index < -0.39 is 0 Å². The topological polar surface area (TPSA) is 36.0 Å². The summed E-state index contributed by atoms with van der Waals surface area (Å²) in [4.78, 5) is 3.11.